The molecule has 26 heavy (non-hydrogen) atoms. The molecule has 0 fully saturated rings. The molecule has 0 aromatic heterocycles. The van der Waals surface area contributed by atoms with Gasteiger partial charge in [0.25, 0.3) is 5.91 Å². The number of hydrogen-bond donors (Lipinski definition) is 1. The van der Waals surface area contributed by atoms with Gasteiger partial charge in [0.15, 0.2) is 5.78 Å². The third kappa shape index (κ3) is 6.17. The van der Waals surface area contributed by atoms with Gasteiger partial charge in [0.1, 0.15) is 0 Å². The van der Waals surface area contributed by atoms with E-state index in [4.69, 9.17) is 0 Å². The average Bonchev–Trinajstić information content (AvgIpc) is 2.64. The Kier molecular flexibility index (Phi) is 9.42. The first kappa shape index (κ1) is 22.2. The van der Waals surface area contributed by atoms with Crippen molar-refractivity contribution in [3.63, 3.8) is 0 Å². The van der Waals surface area contributed by atoms with Gasteiger partial charge in [-0.2, -0.15) is 0 Å². The minimum Gasteiger partial charge on any atom is -0.322 e. The molecule has 0 bridgehead atoms. The summed E-state index contributed by atoms with van der Waals surface area (Å²) >= 11 is 1.56. The lowest BCUT2D eigenvalue weighted by atomic mass is 9.92. The number of hydrogen-bond acceptors (Lipinski definition) is 3. The first-order chi connectivity index (χ1) is 12.3. The van der Waals surface area contributed by atoms with Crippen molar-refractivity contribution in [2.45, 2.75) is 47.5 Å². The Hall–Kier alpha value is -1.81. The summed E-state index contributed by atoms with van der Waals surface area (Å²) in [6.07, 6.45) is 5.74. The van der Waals surface area contributed by atoms with Crippen molar-refractivity contribution in [2.24, 2.45) is 11.8 Å². The van der Waals surface area contributed by atoms with Crippen molar-refractivity contribution in [3.8, 4) is 0 Å². The quantitative estimate of drug-likeness (QED) is 0.436. The van der Waals surface area contributed by atoms with E-state index in [-0.39, 0.29) is 23.5 Å². The molecule has 3 nitrogen and oxygen atoms in total. The number of carbonyl (C=O) groups excluding carboxylic acids is 2. The zero-order valence-corrected chi connectivity index (χ0v) is 17.6. The number of para-hydroxylation sites is 1. The normalized spacial score (nSPS) is 15.1. The van der Waals surface area contributed by atoms with Crippen molar-refractivity contribution < 1.29 is 9.59 Å². The number of amides is 1. The summed E-state index contributed by atoms with van der Waals surface area (Å²) in [5.41, 5.74) is 1.77. The highest BCUT2D eigenvalue weighted by molar-refractivity contribution is 8.02. The van der Waals surface area contributed by atoms with Gasteiger partial charge in [-0.1, -0.05) is 58.4 Å². The third-order valence-corrected chi connectivity index (χ3v) is 5.57. The van der Waals surface area contributed by atoms with E-state index in [1.165, 1.54) is 0 Å². The van der Waals surface area contributed by atoms with Gasteiger partial charge < -0.3 is 5.32 Å². The van der Waals surface area contributed by atoms with Gasteiger partial charge in [0.2, 0.25) is 0 Å². The SMILES string of the molecule is CCC(C)/C=C(C(=O)Nc1ccccc1)/C(C(C)=O)=C(\SC)C(C)CC. The fourth-order valence-corrected chi connectivity index (χ4v) is 3.65. The van der Waals surface area contributed by atoms with Gasteiger partial charge in [-0.05, 0) is 48.5 Å². The van der Waals surface area contributed by atoms with Gasteiger partial charge in [0.05, 0.1) is 0 Å². The summed E-state index contributed by atoms with van der Waals surface area (Å²) < 4.78 is 0. The largest absolute Gasteiger partial charge is 0.322 e. The van der Waals surface area contributed by atoms with Crippen molar-refractivity contribution in [2.75, 3.05) is 11.6 Å². The van der Waals surface area contributed by atoms with Crippen LogP contribution in [0.15, 0.2) is 52.5 Å². The number of benzene rings is 1. The highest BCUT2D eigenvalue weighted by Crippen LogP contribution is 2.33. The van der Waals surface area contributed by atoms with E-state index in [9.17, 15) is 9.59 Å². The monoisotopic (exact) mass is 373 g/mol. The molecule has 2 unspecified atom stereocenters. The number of anilines is 1. The van der Waals surface area contributed by atoms with Crippen molar-refractivity contribution >= 4 is 29.1 Å². The molecular weight excluding hydrogens is 342 g/mol. The van der Waals surface area contributed by atoms with E-state index in [1.54, 1.807) is 18.7 Å². The van der Waals surface area contributed by atoms with Crippen molar-refractivity contribution in [1.82, 2.24) is 0 Å². The summed E-state index contributed by atoms with van der Waals surface area (Å²) in [5.74, 6) is 0.152. The molecule has 0 saturated heterocycles. The lowest BCUT2D eigenvalue weighted by molar-refractivity contribution is -0.116. The highest BCUT2D eigenvalue weighted by Gasteiger charge is 2.25. The van der Waals surface area contributed by atoms with Crippen molar-refractivity contribution in [1.29, 1.82) is 0 Å². The number of thioether (sulfide) groups is 1. The first-order valence-corrected chi connectivity index (χ1v) is 10.5. The van der Waals surface area contributed by atoms with E-state index >= 15 is 0 Å². The van der Waals surface area contributed by atoms with Crippen LogP contribution in [0.25, 0.3) is 0 Å². The zero-order chi connectivity index (χ0) is 19.7. The second-order valence-electron chi connectivity index (χ2n) is 6.59. The first-order valence-electron chi connectivity index (χ1n) is 9.23. The van der Waals surface area contributed by atoms with Crippen LogP contribution in [-0.4, -0.2) is 17.9 Å². The number of ketones is 1. The van der Waals surface area contributed by atoms with Gasteiger partial charge in [-0.3, -0.25) is 9.59 Å². The highest BCUT2D eigenvalue weighted by atomic mass is 32.2. The summed E-state index contributed by atoms with van der Waals surface area (Å²) in [5, 5.41) is 2.94. The Labute approximate surface area is 162 Å². The molecule has 0 spiro atoms. The summed E-state index contributed by atoms with van der Waals surface area (Å²) in [6, 6.07) is 9.35. The topological polar surface area (TPSA) is 46.2 Å². The van der Waals surface area contributed by atoms with Crippen molar-refractivity contribution in [3.05, 3.63) is 52.5 Å². The average molecular weight is 374 g/mol. The molecule has 1 amide bonds. The van der Waals surface area contributed by atoms with Crippen LogP contribution in [-0.2, 0) is 9.59 Å². The van der Waals surface area contributed by atoms with Gasteiger partial charge in [-0.25, -0.2) is 0 Å². The molecule has 1 rings (SSSR count). The molecule has 0 aliphatic heterocycles. The zero-order valence-electron chi connectivity index (χ0n) is 16.8. The Morgan fingerprint density at radius 2 is 1.73 bits per heavy atom. The summed E-state index contributed by atoms with van der Waals surface area (Å²) in [4.78, 5) is 26.6. The molecule has 1 N–H and O–H groups in total. The molecular formula is C22H31NO2S. The van der Waals surface area contributed by atoms with E-state index in [1.807, 2.05) is 42.7 Å². The molecule has 0 radical (unpaired) electrons. The van der Waals surface area contributed by atoms with Crippen LogP contribution < -0.4 is 5.32 Å². The predicted octanol–water partition coefficient (Wildman–Crippen LogP) is 5.85. The Morgan fingerprint density at radius 1 is 1.12 bits per heavy atom. The van der Waals surface area contributed by atoms with Crippen LogP contribution in [0.5, 0.6) is 0 Å². The summed E-state index contributed by atoms with van der Waals surface area (Å²) in [6.45, 7) is 9.89. The van der Waals surface area contributed by atoms with Crippen LogP contribution >= 0.6 is 11.8 Å². The van der Waals surface area contributed by atoms with Crippen LogP contribution in [0.1, 0.15) is 47.5 Å². The predicted molar refractivity (Wildman–Crippen MR) is 113 cm³/mol. The second-order valence-corrected chi connectivity index (χ2v) is 7.44. The fourth-order valence-electron chi connectivity index (χ4n) is 2.63. The van der Waals surface area contributed by atoms with Gasteiger partial charge in [0, 0.05) is 16.8 Å². The third-order valence-electron chi connectivity index (χ3n) is 4.52. The van der Waals surface area contributed by atoms with E-state index in [2.05, 4.69) is 33.0 Å². The minimum atomic E-state index is -0.225. The number of Topliss-reactive ketones (excluding diaryl/α,β-unsaturated/α-hetero) is 1. The van der Waals surface area contributed by atoms with Crippen LogP contribution in [0.2, 0.25) is 0 Å². The Balaban J connectivity index is 3.46. The van der Waals surface area contributed by atoms with Crippen LogP contribution in [0.4, 0.5) is 5.69 Å². The summed E-state index contributed by atoms with van der Waals surface area (Å²) in [7, 11) is 0. The molecule has 1 aromatic carbocycles. The molecule has 0 saturated carbocycles. The smallest absolute Gasteiger partial charge is 0.256 e. The molecule has 1 aromatic rings. The van der Waals surface area contributed by atoms with E-state index in [0.717, 1.165) is 23.4 Å². The minimum absolute atomic E-state index is 0.0626. The fraction of sp³-hybridized carbons (Fsp3) is 0.455. The van der Waals surface area contributed by atoms with Gasteiger partial charge in [-0.15, -0.1) is 11.8 Å². The number of rotatable bonds is 9. The van der Waals surface area contributed by atoms with E-state index < -0.39 is 0 Å². The number of allylic oxidation sites excluding steroid dienone is 2. The maximum atomic E-state index is 13.1. The van der Waals surface area contributed by atoms with Gasteiger partial charge >= 0.3 is 0 Å². The Bertz CT molecular complexity index is 677. The lowest BCUT2D eigenvalue weighted by Gasteiger charge is -2.20. The lowest BCUT2D eigenvalue weighted by Crippen LogP contribution is -2.21. The maximum absolute atomic E-state index is 13.1. The maximum Gasteiger partial charge on any atom is 0.256 e. The second kappa shape index (κ2) is 11.0. The van der Waals surface area contributed by atoms with Crippen LogP contribution in [0.3, 0.4) is 0 Å². The molecule has 4 heteroatoms. The van der Waals surface area contributed by atoms with Crippen LogP contribution in [0, 0.1) is 11.8 Å². The molecule has 0 aliphatic carbocycles. The molecule has 0 aliphatic rings. The molecule has 2 atom stereocenters. The molecule has 0 heterocycles. The number of nitrogens with one attached hydrogen (secondary N) is 1. The Morgan fingerprint density at radius 3 is 2.19 bits per heavy atom. The number of carbonyl (C=O) groups is 2. The van der Waals surface area contributed by atoms with E-state index in [0.29, 0.717) is 11.1 Å². The molecule has 142 valence electrons. The standard InChI is InChI=1S/C22H31NO2S/c1-7-15(3)14-19(22(25)23-18-12-10-9-11-13-18)20(17(5)24)21(26-6)16(4)8-2/h9-16H,7-8H2,1-6H3,(H,23,25)/b19-14-,21-20-.